The molecule has 39 heavy (non-hydrogen) atoms. The van der Waals surface area contributed by atoms with Crippen LogP contribution in [0.4, 0.5) is 23.1 Å². The van der Waals surface area contributed by atoms with Gasteiger partial charge in [-0.05, 0) is 54.8 Å². The Morgan fingerprint density at radius 1 is 1.10 bits per heavy atom. The third-order valence-corrected chi connectivity index (χ3v) is 9.66. The van der Waals surface area contributed by atoms with E-state index >= 15 is 0 Å². The van der Waals surface area contributed by atoms with Crippen LogP contribution >= 0.6 is 0 Å². The van der Waals surface area contributed by atoms with Gasteiger partial charge in [-0.15, -0.1) is 0 Å². The molecule has 3 N–H and O–H groups in total. The SMILES string of the molecule is COc1ccc2c(c1)[C@]1(C[C@H]1c1ccc3c(Nc4cc(N5CCS(=O)(=O)CC5)nc(C)n4)n[nH]c3c1)C(=O)N2. The molecule has 0 unspecified atom stereocenters. The molecule has 11 nitrogen and oxygen atoms in total. The molecule has 0 bridgehead atoms. The van der Waals surface area contributed by atoms with E-state index in [4.69, 9.17) is 4.74 Å². The van der Waals surface area contributed by atoms with Gasteiger partial charge in [0, 0.05) is 36.1 Å². The number of ether oxygens (including phenoxy) is 1. The first-order chi connectivity index (χ1) is 18.8. The summed E-state index contributed by atoms with van der Waals surface area (Å²) in [6.07, 6.45) is 0.741. The molecule has 2 aromatic carbocycles. The quantitative estimate of drug-likeness (QED) is 0.345. The van der Waals surface area contributed by atoms with E-state index in [1.807, 2.05) is 42.2 Å². The molecule has 2 fully saturated rings. The number of hydrogen-bond acceptors (Lipinski definition) is 9. The van der Waals surface area contributed by atoms with E-state index in [0.29, 0.717) is 36.4 Å². The number of nitrogens with zero attached hydrogens (tertiary/aromatic N) is 4. The fourth-order valence-corrected chi connectivity index (χ4v) is 7.09. The summed E-state index contributed by atoms with van der Waals surface area (Å²) in [5.74, 6) is 3.55. The number of carbonyl (C=O) groups is 1. The van der Waals surface area contributed by atoms with Gasteiger partial charge in [0.2, 0.25) is 5.91 Å². The zero-order valence-electron chi connectivity index (χ0n) is 21.5. The molecule has 1 amide bonds. The molecule has 0 radical (unpaired) electrons. The van der Waals surface area contributed by atoms with Crippen LogP contribution in [-0.4, -0.2) is 66.2 Å². The number of benzene rings is 2. The Kier molecular flexibility index (Phi) is 5.15. The van der Waals surface area contributed by atoms with Crippen molar-refractivity contribution in [1.82, 2.24) is 20.2 Å². The molecule has 2 aliphatic heterocycles. The van der Waals surface area contributed by atoms with Gasteiger partial charge in [0.15, 0.2) is 15.7 Å². The normalized spacial score (nSPS) is 23.1. The van der Waals surface area contributed by atoms with Gasteiger partial charge < -0.3 is 20.3 Å². The summed E-state index contributed by atoms with van der Waals surface area (Å²) >= 11 is 0. The molecule has 1 aliphatic carbocycles. The van der Waals surface area contributed by atoms with Crippen LogP contribution in [0.15, 0.2) is 42.5 Å². The molecular formula is C27H27N7O4S. The first kappa shape index (κ1) is 23.9. The number of anilines is 4. The second-order valence-electron chi connectivity index (χ2n) is 10.4. The van der Waals surface area contributed by atoms with Crippen molar-refractivity contribution < 1.29 is 17.9 Å². The van der Waals surface area contributed by atoms with Crippen LogP contribution in [-0.2, 0) is 20.0 Å². The third-order valence-electron chi connectivity index (χ3n) is 8.05. The molecule has 200 valence electrons. The van der Waals surface area contributed by atoms with Crippen LogP contribution in [0.25, 0.3) is 10.9 Å². The van der Waals surface area contributed by atoms with E-state index < -0.39 is 15.3 Å². The monoisotopic (exact) mass is 545 g/mol. The predicted molar refractivity (Wildman–Crippen MR) is 148 cm³/mol. The molecule has 1 saturated heterocycles. The van der Waals surface area contributed by atoms with Crippen LogP contribution < -0.4 is 20.3 Å². The lowest BCUT2D eigenvalue weighted by molar-refractivity contribution is -0.118. The number of aromatic nitrogens is 4. The summed E-state index contributed by atoms with van der Waals surface area (Å²) in [7, 11) is -1.36. The van der Waals surface area contributed by atoms with E-state index in [2.05, 4.69) is 42.9 Å². The van der Waals surface area contributed by atoms with Crippen LogP contribution in [0, 0.1) is 6.92 Å². The minimum absolute atomic E-state index is 0.0315. The lowest BCUT2D eigenvalue weighted by atomic mass is 9.91. The average Bonchev–Trinajstić information content (AvgIpc) is 3.47. The summed E-state index contributed by atoms with van der Waals surface area (Å²) in [6, 6.07) is 13.7. The topological polar surface area (TPSA) is 142 Å². The van der Waals surface area contributed by atoms with Gasteiger partial charge in [0.05, 0.1) is 29.5 Å². The molecule has 1 saturated carbocycles. The summed E-state index contributed by atoms with van der Waals surface area (Å²) in [6.45, 7) is 2.62. The van der Waals surface area contributed by atoms with Crippen LogP contribution in [0.3, 0.4) is 0 Å². The van der Waals surface area contributed by atoms with E-state index in [1.54, 1.807) is 7.11 Å². The van der Waals surface area contributed by atoms with Crippen molar-refractivity contribution >= 4 is 49.8 Å². The standard InChI is InChI=1S/C27H27N7O4S/c1-15-28-23(13-24(29-15)34-7-9-39(36,37)10-8-34)31-25-18-5-3-16(11-22(18)32-33-25)20-14-27(20)19-12-17(38-2)4-6-21(19)30-26(27)35/h3-6,11-13,20H,7-10,14H2,1-2H3,(H,30,35)(H2,28,29,31,32,33)/t20-,27-/m0/s1. The van der Waals surface area contributed by atoms with Gasteiger partial charge in [-0.3, -0.25) is 9.89 Å². The Hall–Kier alpha value is -4.19. The van der Waals surface area contributed by atoms with Crippen molar-refractivity contribution in [2.45, 2.75) is 24.7 Å². The number of carbonyl (C=O) groups excluding carboxylic acids is 1. The molecule has 7 rings (SSSR count). The van der Waals surface area contributed by atoms with Gasteiger partial charge in [-0.25, -0.2) is 18.4 Å². The molecule has 3 aliphatic rings. The zero-order chi connectivity index (χ0) is 26.9. The van der Waals surface area contributed by atoms with Crippen molar-refractivity contribution in [2.75, 3.05) is 47.2 Å². The van der Waals surface area contributed by atoms with Crippen LogP contribution in [0.2, 0.25) is 0 Å². The number of rotatable bonds is 5. The highest BCUT2D eigenvalue weighted by Gasteiger charge is 2.65. The number of fused-ring (bicyclic) bond motifs is 3. The number of H-pyrrole nitrogens is 1. The van der Waals surface area contributed by atoms with Gasteiger partial charge >= 0.3 is 0 Å². The fourth-order valence-electron chi connectivity index (χ4n) is 5.89. The summed E-state index contributed by atoms with van der Waals surface area (Å²) in [5, 5.41) is 14.8. The van der Waals surface area contributed by atoms with Crippen molar-refractivity contribution in [3.05, 3.63) is 59.4 Å². The first-order valence-corrected chi connectivity index (χ1v) is 14.6. The van der Waals surface area contributed by atoms with E-state index in [9.17, 15) is 13.2 Å². The Morgan fingerprint density at radius 3 is 2.72 bits per heavy atom. The molecular weight excluding hydrogens is 518 g/mol. The van der Waals surface area contributed by atoms with Crippen LogP contribution in [0.5, 0.6) is 5.75 Å². The van der Waals surface area contributed by atoms with E-state index in [0.717, 1.165) is 39.9 Å². The number of aromatic amines is 1. The van der Waals surface area contributed by atoms with Crippen molar-refractivity contribution in [3.63, 3.8) is 0 Å². The zero-order valence-corrected chi connectivity index (χ0v) is 22.3. The number of nitrogens with one attached hydrogen (secondary N) is 3. The minimum Gasteiger partial charge on any atom is -0.497 e. The second-order valence-corrected chi connectivity index (χ2v) is 12.7. The molecule has 1 spiro atoms. The fraction of sp³-hybridized carbons (Fsp3) is 0.333. The summed E-state index contributed by atoms with van der Waals surface area (Å²) < 4.78 is 29.1. The largest absolute Gasteiger partial charge is 0.497 e. The van der Waals surface area contributed by atoms with Crippen LogP contribution in [0.1, 0.15) is 29.3 Å². The highest BCUT2D eigenvalue weighted by Crippen LogP contribution is 2.65. The van der Waals surface area contributed by atoms with Gasteiger partial charge in [-0.2, -0.15) is 5.10 Å². The maximum absolute atomic E-state index is 13.0. The van der Waals surface area contributed by atoms with Gasteiger partial charge in [0.25, 0.3) is 0 Å². The maximum Gasteiger partial charge on any atom is 0.235 e. The summed E-state index contributed by atoms with van der Waals surface area (Å²) in [5.41, 5.74) is 3.20. The molecule has 4 heterocycles. The lowest BCUT2D eigenvalue weighted by Gasteiger charge is -2.28. The lowest BCUT2D eigenvalue weighted by Crippen LogP contribution is -2.40. The Balaban J connectivity index is 1.14. The number of hydrogen-bond donors (Lipinski definition) is 3. The number of sulfone groups is 1. The molecule has 2 aromatic heterocycles. The Labute approximate surface area is 224 Å². The number of aryl methyl sites for hydroxylation is 1. The van der Waals surface area contributed by atoms with E-state index in [1.165, 1.54) is 0 Å². The predicted octanol–water partition coefficient (Wildman–Crippen LogP) is 3.03. The van der Waals surface area contributed by atoms with Crippen molar-refractivity contribution in [3.8, 4) is 5.75 Å². The van der Waals surface area contributed by atoms with E-state index in [-0.39, 0.29) is 23.3 Å². The first-order valence-electron chi connectivity index (χ1n) is 12.8. The average molecular weight is 546 g/mol. The molecule has 4 aromatic rings. The smallest absolute Gasteiger partial charge is 0.235 e. The number of methoxy groups -OCH3 is 1. The molecule has 2 atom stereocenters. The summed E-state index contributed by atoms with van der Waals surface area (Å²) in [4.78, 5) is 24.0. The highest BCUT2D eigenvalue weighted by atomic mass is 32.2. The molecule has 12 heteroatoms. The maximum atomic E-state index is 13.0. The van der Waals surface area contributed by atoms with Crippen molar-refractivity contribution in [2.24, 2.45) is 0 Å². The Morgan fingerprint density at radius 2 is 1.92 bits per heavy atom. The van der Waals surface area contributed by atoms with Gasteiger partial charge in [0.1, 0.15) is 23.2 Å². The third kappa shape index (κ3) is 3.89. The highest BCUT2D eigenvalue weighted by molar-refractivity contribution is 7.91. The minimum atomic E-state index is -2.99. The second kappa shape index (κ2) is 8.40. The van der Waals surface area contributed by atoms with Gasteiger partial charge in [-0.1, -0.05) is 6.07 Å². The van der Waals surface area contributed by atoms with Crippen molar-refractivity contribution in [1.29, 1.82) is 0 Å². The number of amides is 1. The Bertz CT molecular complexity index is 1760.